The Bertz CT molecular complexity index is 1570. The number of ketones is 1. The summed E-state index contributed by atoms with van der Waals surface area (Å²) in [6, 6.07) is 32.7. The van der Waals surface area contributed by atoms with Crippen LogP contribution in [0.3, 0.4) is 0 Å². The van der Waals surface area contributed by atoms with Crippen LogP contribution in [0.15, 0.2) is 103 Å². The standard InChI is InChI=1S/C37H40N4O4/c1-39-21-10-17-35(41(26-39)27-42)37(45)40(25-34(29-12-4-2-5-13-29)30-14-6-3-7-15-30)22-20-33(43)24-38-36(44)32-19-18-28-11-8-9-16-31(28)23-32/h2-9,11-16,18-19,23,27,34-35H,10,17,20-22,24-26H2,1H3,(H,38,44)/t35-/m0/s1. The lowest BCUT2D eigenvalue weighted by atomic mass is 9.90. The molecule has 8 nitrogen and oxygen atoms in total. The monoisotopic (exact) mass is 604 g/mol. The molecule has 0 unspecified atom stereocenters. The van der Waals surface area contributed by atoms with Crippen LogP contribution >= 0.6 is 0 Å². The third-order valence-corrected chi connectivity index (χ3v) is 8.48. The van der Waals surface area contributed by atoms with E-state index >= 15 is 0 Å². The van der Waals surface area contributed by atoms with E-state index in [-0.39, 0.29) is 43.0 Å². The molecule has 0 bridgehead atoms. The van der Waals surface area contributed by atoms with Crippen LogP contribution in [-0.2, 0) is 14.4 Å². The zero-order valence-electron chi connectivity index (χ0n) is 25.7. The summed E-state index contributed by atoms with van der Waals surface area (Å²) in [7, 11) is 1.94. The van der Waals surface area contributed by atoms with E-state index in [2.05, 4.69) is 5.32 Å². The molecule has 45 heavy (non-hydrogen) atoms. The minimum Gasteiger partial charge on any atom is -0.345 e. The Labute approximate surface area is 264 Å². The molecule has 3 amide bonds. The van der Waals surface area contributed by atoms with Gasteiger partial charge in [0, 0.05) is 31.0 Å². The molecule has 0 saturated carbocycles. The highest BCUT2D eigenvalue weighted by molar-refractivity contribution is 6.00. The second-order valence-electron chi connectivity index (χ2n) is 11.7. The summed E-state index contributed by atoms with van der Waals surface area (Å²) in [5, 5.41) is 4.73. The first kappa shape index (κ1) is 31.6. The smallest absolute Gasteiger partial charge is 0.251 e. The molecule has 1 aliphatic rings. The van der Waals surface area contributed by atoms with E-state index in [0.717, 1.165) is 41.3 Å². The van der Waals surface area contributed by atoms with Gasteiger partial charge >= 0.3 is 0 Å². The average Bonchev–Trinajstić information content (AvgIpc) is 3.28. The van der Waals surface area contributed by atoms with Crippen LogP contribution in [0, 0.1) is 0 Å². The third-order valence-electron chi connectivity index (χ3n) is 8.48. The summed E-state index contributed by atoms with van der Waals surface area (Å²) in [5.74, 6) is -0.787. The zero-order chi connectivity index (χ0) is 31.6. The van der Waals surface area contributed by atoms with Crippen molar-refractivity contribution in [2.75, 3.05) is 39.9 Å². The summed E-state index contributed by atoms with van der Waals surface area (Å²) in [5.41, 5.74) is 2.60. The molecule has 1 saturated heterocycles. The summed E-state index contributed by atoms with van der Waals surface area (Å²) < 4.78 is 0. The maximum absolute atomic E-state index is 14.2. The lowest BCUT2D eigenvalue weighted by Gasteiger charge is -2.34. The number of fused-ring (bicyclic) bond motifs is 1. The number of nitrogens with one attached hydrogen (secondary N) is 1. The molecule has 232 valence electrons. The van der Waals surface area contributed by atoms with Crippen molar-refractivity contribution in [2.24, 2.45) is 0 Å². The molecule has 0 spiro atoms. The largest absolute Gasteiger partial charge is 0.345 e. The van der Waals surface area contributed by atoms with E-state index in [1.165, 1.54) is 0 Å². The van der Waals surface area contributed by atoms with Gasteiger partial charge in [0.2, 0.25) is 12.3 Å². The minimum absolute atomic E-state index is 0.0771. The minimum atomic E-state index is -0.609. The van der Waals surface area contributed by atoms with E-state index in [1.54, 1.807) is 15.9 Å². The van der Waals surface area contributed by atoms with Crippen molar-refractivity contribution in [3.63, 3.8) is 0 Å². The van der Waals surface area contributed by atoms with Crippen molar-refractivity contribution >= 4 is 34.8 Å². The molecule has 1 fully saturated rings. The average molecular weight is 605 g/mol. The molecule has 1 aliphatic heterocycles. The van der Waals surface area contributed by atoms with Gasteiger partial charge in [0.05, 0.1) is 13.2 Å². The van der Waals surface area contributed by atoms with Gasteiger partial charge in [0.15, 0.2) is 5.78 Å². The van der Waals surface area contributed by atoms with Gasteiger partial charge in [0.25, 0.3) is 5.91 Å². The SMILES string of the molecule is CN1CCC[C@@H](C(=O)N(CCC(=O)CNC(=O)c2ccc3ccccc3c2)CC(c2ccccc2)c2ccccc2)N(C=O)C1. The van der Waals surface area contributed by atoms with E-state index < -0.39 is 6.04 Å². The molecular formula is C37H40N4O4. The number of rotatable bonds is 12. The molecule has 1 atom stereocenters. The number of carbonyl (C=O) groups is 4. The van der Waals surface area contributed by atoms with Crippen LogP contribution in [-0.4, -0.2) is 84.6 Å². The van der Waals surface area contributed by atoms with Crippen molar-refractivity contribution in [2.45, 2.75) is 31.2 Å². The highest BCUT2D eigenvalue weighted by atomic mass is 16.2. The van der Waals surface area contributed by atoms with E-state index in [1.807, 2.05) is 109 Å². The zero-order valence-corrected chi connectivity index (χ0v) is 25.7. The van der Waals surface area contributed by atoms with Crippen LogP contribution in [0.2, 0.25) is 0 Å². The first-order chi connectivity index (χ1) is 21.9. The highest BCUT2D eigenvalue weighted by Crippen LogP contribution is 2.27. The van der Waals surface area contributed by atoms with Crippen LogP contribution < -0.4 is 5.32 Å². The Morgan fingerprint density at radius 3 is 2.20 bits per heavy atom. The van der Waals surface area contributed by atoms with Gasteiger partial charge in [-0.05, 0) is 60.5 Å². The number of hydrogen-bond donors (Lipinski definition) is 1. The van der Waals surface area contributed by atoms with Gasteiger partial charge < -0.3 is 15.1 Å². The number of carbonyl (C=O) groups excluding carboxylic acids is 4. The molecule has 0 aromatic heterocycles. The predicted molar refractivity (Wildman–Crippen MR) is 176 cm³/mol. The highest BCUT2D eigenvalue weighted by Gasteiger charge is 2.33. The Kier molecular flexibility index (Phi) is 10.7. The van der Waals surface area contributed by atoms with Crippen molar-refractivity contribution < 1.29 is 19.2 Å². The first-order valence-corrected chi connectivity index (χ1v) is 15.5. The lowest BCUT2D eigenvalue weighted by molar-refractivity contribution is -0.142. The molecule has 4 aromatic rings. The Morgan fingerprint density at radius 2 is 1.53 bits per heavy atom. The van der Waals surface area contributed by atoms with E-state index in [4.69, 9.17) is 0 Å². The number of Topliss-reactive ketones (excluding diaryl/α,β-unsaturated/α-hetero) is 1. The normalized spacial score (nSPS) is 15.4. The van der Waals surface area contributed by atoms with Crippen LogP contribution in [0.5, 0.6) is 0 Å². The molecule has 4 aromatic carbocycles. The quantitative estimate of drug-likeness (QED) is 0.237. The van der Waals surface area contributed by atoms with Crippen molar-refractivity contribution in [3.05, 3.63) is 120 Å². The first-order valence-electron chi connectivity index (χ1n) is 15.5. The number of nitrogens with zero attached hydrogens (tertiary/aromatic N) is 3. The third kappa shape index (κ3) is 8.22. The maximum atomic E-state index is 14.2. The van der Waals surface area contributed by atoms with Gasteiger partial charge in [0.1, 0.15) is 6.04 Å². The van der Waals surface area contributed by atoms with Gasteiger partial charge in [-0.1, -0.05) is 91.0 Å². The second kappa shape index (κ2) is 15.3. The molecule has 0 radical (unpaired) electrons. The van der Waals surface area contributed by atoms with Crippen LogP contribution in [0.25, 0.3) is 10.8 Å². The number of benzene rings is 4. The Balaban J connectivity index is 1.32. The molecule has 1 N–H and O–H groups in total. The topological polar surface area (TPSA) is 90.0 Å². The number of amides is 3. The fraction of sp³-hybridized carbons (Fsp3) is 0.297. The fourth-order valence-corrected chi connectivity index (χ4v) is 6.00. The van der Waals surface area contributed by atoms with Gasteiger partial charge in [-0.25, -0.2) is 0 Å². The molecule has 0 aliphatic carbocycles. The van der Waals surface area contributed by atoms with Gasteiger partial charge in [-0.3, -0.25) is 24.1 Å². The number of hydrogen-bond acceptors (Lipinski definition) is 5. The van der Waals surface area contributed by atoms with Gasteiger partial charge in [-0.15, -0.1) is 0 Å². The maximum Gasteiger partial charge on any atom is 0.251 e. The predicted octanol–water partition coefficient (Wildman–Crippen LogP) is 4.70. The van der Waals surface area contributed by atoms with Crippen molar-refractivity contribution in [1.82, 2.24) is 20.0 Å². The van der Waals surface area contributed by atoms with Crippen LogP contribution in [0.1, 0.15) is 46.7 Å². The Morgan fingerprint density at radius 1 is 0.889 bits per heavy atom. The summed E-state index contributed by atoms with van der Waals surface area (Å²) >= 11 is 0. The van der Waals surface area contributed by atoms with Crippen molar-refractivity contribution in [1.29, 1.82) is 0 Å². The van der Waals surface area contributed by atoms with Crippen LogP contribution in [0.4, 0.5) is 0 Å². The molecule has 5 rings (SSSR count). The van der Waals surface area contributed by atoms with E-state index in [0.29, 0.717) is 25.2 Å². The van der Waals surface area contributed by atoms with Crippen molar-refractivity contribution in [3.8, 4) is 0 Å². The summed E-state index contributed by atoms with van der Waals surface area (Å²) in [4.78, 5) is 57.6. The Hall–Kier alpha value is -4.82. The summed E-state index contributed by atoms with van der Waals surface area (Å²) in [6.07, 6.45) is 2.16. The fourth-order valence-electron chi connectivity index (χ4n) is 6.00. The lowest BCUT2D eigenvalue weighted by Crippen LogP contribution is -2.51. The summed E-state index contributed by atoms with van der Waals surface area (Å²) in [6.45, 7) is 1.55. The van der Waals surface area contributed by atoms with Gasteiger partial charge in [-0.2, -0.15) is 0 Å². The molecule has 8 heteroatoms. The van der Waals surface area contributed by atoms with E-state index in [9.17, 15) is 19.2 Å². The molecular weight excluding hydrogens is 564 g/mol. The second-order valence-corrected chi connectivity index (χ2v) is 11.7. The molecule has 1 heterocycles.